The second kappa shape index (κ2) is 9.47. The van der Waals surface area contributed by atoms with Crippen LogP contribution in [0.4, 0.5) is 0 Å². The van der Waals surface area contributed by atoms with Gasteiger partial charge in [0.1, 0.15) is 17.2 Å². The molecule has 0 aliphatic heterocycles. The second-order valence-electron chi connectivity index (χ2n) is 5.60. The highest BCUT2D eigenvalue weighted by Gasteiger charge is 2.10. The van der Waals surface area contributed by atoms with Crippen LogP contribution in [0.2, 0.25) is 0 Å². The van der Waals surface area contributed by atoms with Gasteiger partial charge in [-0.2, -0.15) is 0 Å². The number of carbonyl (C=O) groups is 1. The van der Waals surface area contributed by atoms with E-state index in [1.165, 1.54) is 18.2 Å². The van der Waals surface area contributed by atoms with E-state index in [4.69, 9.17) is 9.47 Å². The molecule has 0 atom stereocenters. The number of ketones is 1. The topological polar surface area (TPSA) is 55.8 Å². The lowest BCUT2D eigenvalue weighted by Gasteiger charge is -2.14. The average Bonchev–Trinajstić information content (AvgIpc) is 2.63. The molecular weight excluding hydrogens is 328 g/mol. The zero-order chi connectivity index (χ0) is 18.9. The first-order chi connectivity index (χ1) is 12.6. The van der Waals surface area contributed by atoms with Gasteiger partial charge in [-0.05, 0) is 68.3 Å². The molecule has 0 heterocycles. The maximum Gasteiger partial charge on any atom is 0.185 e. The summed E-state index contributed by atoms with van der Waals surface area (Å²) in [6.07, 6.45) is 5.71. The normalized spacial score (nSPS) is 10.7. The number of hydrogen-bond donors (Lipinski definition) is 1. The molecule has 2 aromatic carbocycles. The lowest BCUT2D eigenvalue weighted by Crippen LogP contribution is -2.01. The van der Waals surface area contributed by atoms with E-state index in [1.54, 1.807) is 18.2 Å². The summed E-state index contributed by atoms with van der Waals surface area (Å²) in [5.41, 5.74) is 2.30. The van der Waals surface area contributed by atoms with Gasteiger partial charge in [0.2, 0.25) is 0 Å². The first-order valence-electron chi connectivity index (χ1n) is 8.63. The Morgan fingerprint density at radius 2 is 1.73 bits per heavy atom. The van der Waals surface area contributed by atoms with Crippen molar-refractivity contribution in [2.75, 3.05) is 13.2 Å². The molecule has 0 fully saturated rings. The molecular formula is C22H24O4. The molecule has 26 heavy (non-hydrogen) atoms. The van der Waals surface area contributed by atoms with Gasteiger partial charge in [-0.15, -0.1) is 6.58 Å². The van der Waals surface area contributed by atoms with Crippen LogP contribution in [0.1, 0.15) is 35.3 Å². The van der Waals surface area contributed by atoms with Crippen molar-refractivity contribution in [2.45, 2.75) is 20.3 Å². The fourth-order valence-electron chi connectivity index (χ4n) is 2.53. The Morgan fingerprint density at radius 3 is 2.35 bits per heavy atom. The molecule has 0 saturated carbocycles. The smallest absolute Gasteiger partial charge is 0.185 e. The van der Waals surface area contributed by atoms with Crippen LogP contribution >= 0.6 is 0 Å². The van der Waals surface area contributed by atoms with E-state index in [0.717, 1.165) is 16.9 Å². The second-order valence-corrected chi connectivity index (χ2v) is 5.60. The maximum absolute atomic E-state index is 12.3. The van der Waals surface area contributed by atoms with Crippen LogP contribution in [0, 0.1) is 0 Å². The summed E-state index contributed by atoms with van der Waals surface area (Å²) in [5.74, 6) is 1.41. The molecule has 2 aromatic rings. The molecule has 0 amide bonds. The van der Waals surface area contributed by atoms with Crippen molar-refractivity contribution in [3.63, 3.8) is 0 Å². The Hall–Kier alpha value is -3.01. The van der Waals surface area contributed by atoms with Crippen molar-refractivity contribution < 1.29 is 19.4 Å². The standard InChI is InChI=1S/C22H24O4/c1-4-7-17-14-18(22(26-6-3)15-21(17)25-5-2)10-13-20(24)16-8-11-19(23)12-9-16/h4,8-15,23H,1,5-7H2,2-3H3. The van der Waals surface area contributed by atoms with E-state index in [9.17, 15) is 9.90 Å². The Kier molecular flexibility index (Phi) is 7.03. The lowest BCUT2D eigenvalue weighted by atomic mass is 10.0. The van der Waals surface area contributed by atoms with E-state index in [0.29, 0.717) is 30.9 Å². The van der Waals surface area contributed by atoms with Crippen molar-refractivity contribution in [1.29, 1.82) is 0 Å². The zero-order valence-electron chi connectivity index (χ0n) is 15.2. The molecule has 0 bridgehead atoms. The number of hydrogen-bond acceptors (Lipinski definition) is 4. The Labute approximate surface area is 154 Å². The van der Waals surface area contributed by atoms with Crippen LogP contribution in [0.5, 0.6) is 17.2 Å². The van der Waals surface area contributed by atoms with Crippen LogP contribution in [0.25, 0.3) is 6.08 Å². The highest BCUT2D eigenvalue weighted by atomic mass is 16.5. The molecule has 136 valence electrons. The quantitative estimate of drug-likeness (QED) is 0.399. The van der Waals surface area contributed by atoms with Crippen molar-refractivity contribution >= 4 is 11.9 Å². The predicted molar refractivity (Wildman–Crippen MR) is 104 cm³/mol. The molecule has 0 saturated heterocycles. The number of allylic oxidation sites excluding steroid dienone is 2. The fraction of sp³-hybridized carbons (Fsp3) is 0.227. The van der Waals surface area contributed by atoms with Crippen molar-refractivity contribution in [2.24, 2.45) is 0 Å². The fourth-order valence-corrected chi connectivity index (χ4v) is 2.53. The van der Waals surface area contributed by atoms with Crippen LogP contribution in [0.3, 0.4) is 0 Å². The summed E-state index contributed by atoms with van der Waals surface area (Å²) in [5, 5.41) is 9.33. The predicted octanol–water partition coefficient (Wildman–Crippen LogP) is 4.81. The van der Waals surface area contributed by atoms with Crippen LogP contribution in [-0.2, 0) is 6.42 Å². The van der Waals surface area contributed by atoms with E-state index in [1.807, 2.05) is 32.1 Å². The number of aromatic hydroxyl groups is 1. The van der Waals surface area contributed by atoms with Gasteiger partial charge in [-0.25, -0.2) is 0 Å². The number of carbonyl (C=O) groups excluding carboxylic acids is 1. The first kappa shape index (κ1) is 19.3. The molecule has 4 nitrogen and oxygen atoms in total. The maximum atomic E-state index is 12.3. The minimum atomic E-state index is -0.147. The molecule has 0 radical (unpaired) electrons. The third kappa shape index (κ3) is 4.99. The number of phenols is 1. The van der Waals surface area contributed by atoms with E-state index in [2.05, 4.69) is 6.58 Å². The van der Waals surface area contributed by atoms with Crippen molar-refractivity contribution in [3.05, 3.63) is 71.8 Å². The summed E-state index contributed by atoms with van der Waals surface area (Å²) >= 11 is 0. The Morgan fingerprint density at radius 1 is 1.08 bits per heavy atom. The average molecular weight is 352 g/mol. The van der Waals surface area contributed by atoms with Gasteiger partial charge in [0.05, 0.1) is 13.2 Å². The van der Waals surface area contributed by atoms with Crippen LogP contribution in [-0.4, -0.2) is 24.1 Å². The largest absolute Gasteiger partial charge is 0.508 e. The monoisotopic (exact) mass is 352 g/mol. The third-order valence-electron chi connectivity index (χ3n) is 3.72. The first-order valence-corrected chi connectivity index (χ1v) is 8.63. The number of rotatable bonds is 9. The van der Waals surface area contributed by atoms with Gasteiger partial charge in [-0.3, -0.25) is 4.79 Å². The molecule has 0 unspecified atom stereocenters. The summed E-state index contributed by atoms with van der Waals surface area (Å²) in [7, 11) is 0. The van der Waals surface area contributed by atoms with E-state index in [-0.39, 0.29) is 11.5 Å². The minimum Gasteiger partial charge on any atom is -0.508 e. The summed E-state index contributed by atoms with van der Waals surface area (Å²) < 4.78 is 11.4. The van der Waals surface area contributed by atoms with Gasteiger partial charge in [0.15, 0.2) is 5.78 Å². The zero-order valence-corrected chi connectivity index (χ0v) is 15.2. The molecule has 0 spiro atoms. The Bertz CT molecular complexity index is 789. The molecule has 2 rings (SSSR count). The summed E-state index contributed by atoms with van der Waals surface area (Å²) in [4.78, 5) is 12.3. The van der Waals surface area contributed by atoms with Gasteiger partial charge in [-0.1, -0.05) is 6.08 Å². The Balaban J connectivity index is 2.35. The number of ether oxygens (including phenoxy) is 2. The molecule has 4 heteroatoms. The molecule has 1 N–H and O–H groups in total. The highest BCUT2D eigenvalue weighted by Crippen LogP contribution is 2.31. The van der Waals surface area contributed by atoms with Gasteiger partial charge < -0.3 is 14.6 Å². The highest BCUT2D eigenvalue weighted by molar-refractivity contribution is 6.07. The van der Waals surface area contributed by atoms with E-state index >= 15 is 0 Å². The molecule has 0 aliphatic carbocycles. The SMILES string of the molecule is C=CCc1cc(C=CC(=O)c2ccc(O)cc2)c(OCC)cc1OCC. The summed E-state index contributed by atoms with van der Waals surface area (Å²) in [6, 6.07) is 9.98. The number of phenolic OH excluding ortho intramolecular Hbond substituents is 1. The lowest BCUT2D eigenvalue weighted by molar-refractivity contribution is 0.104. The molecule has 0 aromatic heterocycles. The minimum absolute atomic E-state index is 0.129. The third-order valence-corrected chi connectivity index (χ3v) is 3.72. The van der Waals surface area contributed by atoms with E-state index < -0.39 is 0 Å². The van der Waals surface area contributed by atoms with Crippen LogP contribution in [0.15, 0.2) is 55.1 Å². The van der Waals surface area contributed by atoms with Crippen LogP contribution < -0.4 is 9.47 Å². The van der Waals surface area contributed by atoms with Gasteiger partial charge >= 0.3 is 0 Å². The van der Waals surface area contributed by atoms with Gasteiger partial charge in [0.25, 0.3) is 0 Å². The number of benzene rings is 2. The van der Waals surface area contributed by atoms with Crippen molar-refractivity contribution in [1.82, 2.24) is 0 Å². The molecule has 0 aliphatic rings. The van der Waals surface area contributed by atoms with Crippen molar-refractivity contribution in [3.8, 4) is 17.2 Å². The summed E-state index contributed by atoms with van der Waals surface area (Å²) in [6.45, 7) is 8.70. The van der Waals surface area contributed by atoms with Gasteiger partial charge in [0, 0.05) is 17.2 Å².